The Hall–Kier alpha value is -0.610. The van der Waals surface area contributed by atoms with Gasteiger partial charge in [0.1, 0.15) is 5.54 Å². The first kappa shape index (κ1) is 15.3. The van der Waals surface area contributed by atoms with Crippen LogP contribution in [0, 0.1) is 5.92 Å². The van der Waals surface area contributed by atoms with Gasteiger partial charge in [-0.3, -0.25) is 10.1 Å². The fourth-order valence-electron chi connectivity index (χ4n) is 3.44. The van der Waals surface area contributed by atoms with Gasteiger partial charge in [0.15, 0.2) is 0 Å². The Morgan fingerprint density at radius 2 is 2.05 bits per heavy atom. The highest BCUT2D eigenvalue weighted by Crippen LogP contribution is 2.36. The Morgan fingerprint density at radius 3 is 2.71 bits per heavy atom. The molecule has 2 atom stereocenters. The molecule has 21 heavy (non-hydrogen) atoms. The summed E-state index contributed by atoms with van der Waals surface area (Å²) in [6.45, 7) is 3.20. The second kappa shape index (κ2) is 6.66. The van der Waals surface area contributed by atoms with E-state index in [0.717, 1.165) is 38.2 Å². The summed E-state index contributed by atoms with van der Waals surface area (Å²) >= 11 is 0. The minimum absolute atomic E-state index is 0.0626. The second-order valence-electron chi connectivity index (χ2n) is 7.04. The molecule has 0 bridgehead atoms. The molecule has 3 saturated carbocycles. The van der Waals surface area contributed by atoms with Gasteiger partial charge in [-0.1, -0.05) is 12.8 Å². The lowest BCUT2D eigenvalue weighted by molar-refractivity contribution is -0.155. The Kier molecular flexibility index (Phi) is 4.85. The highest BCUT2D eigenvalue weighted by molar-refractivity contribution is 5.81. The van der Waals surface area contributed by atoms with Crippen molar-refractivity contribution in [1.29, 1.82) is 0 Å². The van der Waals surface area contributed by atoms with Crippen molar-refractivity contribution in [2.45, 2.75) is 82.4 Å². The molecule has 120 valence electrons. The smallest absolute Gasteiger partial charge is 0.326 e. The molecule has 3 rings (SSSR count). The van der Waals surface area contributed by atoms with Gasteiger partial charge in [-0.15, -0.1) is 0 Å². The van der Waals surface area contributed by atoms with E-state index in [1.54, 1.807) is 0 Å². The number of ether oxygens (including phenoxy) is 2. The van der Waals surface area contributed by atoms with Crippen LogP contribution in [0.3, 0.4) is 0 Å². The topological polar surface area (TPSA) is 47.6 Å². The molecule has 0 aliphatic heterocycles. The first-order valence-electron chi connectivity index (χ1n) is 8.78. The van der Waals surface area contributed by atoms with Gasteiger partial charge in [0, 0.05) is 19.1 Å². The summed E-state index contributed by atoms with van der Waals surface area (Å²) < 4.78 is 11.4. The number of esters is 1. The second-order valence-corrected chi connectivity index (χ2v) is 7.04. The van der Waals surface area contributed by atoms with Gasteiger partial charge < -0.3 is 9.47 Å². The predicted octanol–water partition coefficient (Wildman–Crippen LogP) is 2.80. The van der Waals surface area contributed by atoms with Gasteiger partial charge in [-0.2, -0.15) is 0 Å². The van der Waals surface area contributed by atoms with E-state index in [0.29, 0.717) is 12.6 Å². The third-order valence-corrected chi connectivity index (χ3v) is 5.01. The van der Waals surface area contributed by atoms with E-state index < -0.39 is 5.54 Å². The van der Waals surface area contributed by atoms with Crippen LogP contribution < -0.4 is 5.32 Å². The number of hydrogen-bond acceptors (Lipinski definition) is 4. The lowest BCUT2D eigenvalue weighted by Gasteiger charge is -2.39. The van der Waals surface area contributed by atoms with Gasteiger partial charge in [0.05, 0.1) is 12.7 Å². The maximum atomic E-state index is 12.5. The Balaban J connectivity index is 1.55. The van der Waals surface area contributed by atoms with Crippen molar-refractivity contribution in [2.24, 2.45) is 5.92 Å². The van der Waals surface area contributed by atoms with Gasteiger partial charge in [0.2, 0.25) is 0 Å². The van der Waals surface area contributed by atoms with E-state index >= 15 is 0 Å². The molecule has 4 nitrogen and oxygen atoms in total. The van der Waals surface area contributed by atoms with E-state index in [1.165, 1.54) is 32.1 Å². The highest BCUT2D eigenvalue weighted by Gasteiger charge is 2.47. The SMILES string of the molecule is CCOC(=O)C1(NC2CC2)CCCC(OCCC2CC2)C1. The van der Waals surface area contributed by atoms with Crippen LogP contribution in [0.5, 0.6) is 0 Å². The van der Waals surface area contributed by atoms with Crippen LogP contribution in [0.25, 0.3) is 0 Å². The zero-order valence-corrected chi connectivity index (χ0v) is 13.2. The van der Waals surface area contributed by atoms with Crippen LogP contribution in [0.2, 0.25) is 0 Å². The quantitative estimate of drug-likeness (QED) is 0.700. The molecule has 0 aromatic carbocycles. The Morgan fingerprint density at radius 1 is 1.24 bits per heavy atom. The molecule has 0 amide bonds. The van der Waals surface area contributed by atoms with E-state index in [-0.39, 0.29) is 12.1 Å². The molecule has 2 unspecified atom stereocenters. The van der Waals surface area contributed by atoms with Crippen molar-refractivity contribution in [1.82, 2.24) is 5.32 Å². The van der Waals surface area contributed by atoms with E-state index in [1.807, 2.05) is 6.92 Å². The van der Waals surface area contributed by atoms with Crippen LogP contribution in [0.15, 0.2) is 0 Å². The highest BCUT2D eigenvalue weighted by atomic mass is 16.5. The van der Waals surface area contributed by atoms with E-state index in [9.17, 15) is 4.79 Å². The summed E-state index contributed by atoms with van der Waals surface area (Å²) in [6.07, 6.45) is 10.4. The summed E-state index contributed by atoms with van der Waals surface area (Å²) in [5.74, 6) is 0.848. The molecular formula is C17H29NO3. The van der Waals surface area contributed by atoms with Crippen LogP contribution in [-0.2, 0) is 14.3 Å². The molecule has 3 aliphatic carbocycles. The van der Waals surface area contributed by atoms with Crippen molar-refractivity contribution in [3.05, 3.63) is 0 Å². The molecule has 0 radical (unpaired) electrons. The van der Waals surface area contributed by atoms with Crippen molar-refractivity contribution in [3.8, 4) is 0 Å². The molecule has 0 aromatic heterocycles. The van der Waals surface area contributed by atoms with Crippen LogP contribution in [-0.4, -0.2) is 36.9 Å². The molecule has 0 spiro atoms. The van der Waals surface area contributed by atoms with Gasteiger partial charge in [0.25, 0.3) is 0 Å². The molecule has 3 aliphatic rings. The summed E-state index contributed by atoms with van der Waals surface area (Å²) in [4.78, 5) is 12.5. The first-order valence-corrected chi connectivity index (χ1v) is 8.78. The molecular weight excluding hydrogens is 266 g/mol. The third kappa shape index (κ3) is 4.19. The van der Waals surface area contributed by atoms with Crippen molar-refractivity contribution >= 4 is 5.97 Å². The zero-order valence-electron chi connectivity index (χ0n) is 13.2. The maximum absolute atomic E-state index is 12.5. The molecule has 1 N–H and O–H groups in total. The standard InChI is InChI=1S/C17H29NO3/c1-2-20-16(19)17(18-14-7-8-14)10-3-4-15(12-17)21-11-9-13-5-6-13/h13-15,18H,2-12H2,1H3. The van der Waals surface area contributed by atoms with Gasteiger partial charge in [-0.05, 0) is 51.4 Å². The fraction of sp³-hybridized carbons (Fsp3) is 0.941. The zero-order chi connectivity index (χ0) is 14.7. The third-order valence-electron chi connectivity index (χ3n) is 5.01. The molecule has 3 fully saturated rings. The lowest BCUT2D eigenvalue weighted by Crippen LogP contribution is -2.57. The van der Waals surface area contributed by atoms with Crippen molar-refractivity contribution < 1.29 is 14.3 Å². The summed E-state index contributed by atoms with van der Waals surface area (Å²) in [6, 6.07) is 0.514. The number of carbonyl (C=O) groups is 1. The van der Waals surface area contributed by atoms with E-state index in [2.05, 4.69) is 5.32 Å². The minimum Gasteiger partial charge on any atom is -0.465 e. The minimum atomic E-state index is -0.486. The van der Waals surface area contributed by atoms with Crippen LogP contribution in [0.4, 0.5) is 0 Å². The number of nitrogens with one attached hydrogen (secondary N) is 1. The first-order chi connectivity index (χ1) is 10.2. The molecule has 0 heterocycles. The van der Waals surface area contributed by atoms with E-state index in [4.69, 9.17) is 9.47 Å². The monoisotopic (exact) mass is 295 g/mol. The number of rotatable bonds is 8. The normalized spacial score (nSPS) is 32.9. The Labute approximate surface area is 127 Å². The number of hydrogen-bond donors (Lipinski definition) is 1. The van der Waals surface area contributed by atoms with Crippen LogP contribution >= 0.6 is 0 Å². The molecule has 4 heteroatoms. The summed E-state index contributed by atoms with van der Waals surface area (Å²) in [7, 11) is 0. The predicted molar refractivity (Wildman–Crippen MR) is 81.1 cm³/mol. The van der Waals surface area contributed by atoms with Crippen molar-refractivity contribution in [3.63, 3.8) is 0 Å². The van der Waals surface area contributed by atoms with Gasteiger partial charge >= 0.3 is 5.97 Å². The Bertz CT molecular complexity index is 365. The van der Waals surface area contributed by atoms with Crippen LogP contribution in [0.1, 0.15) is 64.7 Å². The summed E-state index contributed by atoms with van der Waals surface area (Å²) in [5, 5.41) is 3.58. The lowest BCUT2D eigenvalue weighted by atomic mass is 9.79. The average Bonchev–Trinajstić information content (AvgIpc) is 3.35. The van der Waals surface area contributed by atoms with Gasteiger partial charge in [-0.25, -0.2) is 0 Å². The molecule has 0 saturated heterocycles. The number of carbonyl (C=O) groups excluding carboxylic acids is 1. The molecule has 0 aromatic rings. The average molecular weight is 295 g/mol. The largest absolute Gasteiger partial charge is 0.465 e. The fourth-order valence-corrected chi connectivity index (χ4v) is 3.44. The summed E-state index contributed by atoms with van der Waals surface area (Å²) in [5.41, 5.74) is -0.486. The van der Waals surface area contributed by atoms with Crippen molar-refractivity contribution in [2.75, 3.05) is 13.2 Å². The maximum Gasteiger partial charge on any atom is 0.326 e.